The Morgan fingerprint density at radius 1 is 1.20 bits per heavy atom. The fourth-order valence-electron chi connectivity index (χ4n) is 6.03. The van der Waals surface area contributed by atoms with E-state index in [1.165, 1.54) is 7.11 Å². The molecule has 4 aliphatic rings. The lowest BCUT2D eigenvalue weighted by Gasteiger charge is -2.61. The van der Waals surface area contributed by atoms with Crippen molar-refractivity contribution in [2.45, 2.75) is 62.7 Å². The SMILES string of the molecule is COc1ccc(Cl)c(C(=O)CCC23CC4CC(F)(CC(F)(C4)C2)C3)c1. The molecule has 2 unspecified atom stereocenters. The third-order valence-corrected chi connectivity index (χ3v) is 6.73. The van der Waals surface area contributed by atoms with Crippen LogP contribution < -0.4 is 4.74 Å². The molecule has 0 N–H and O–H groups in total. The third kappa shape index (κ3) is 3.07. The standard InChI is InChI=1S/C20H23ClF2O2/c1-25-14-2-3-16(21)15(6-14)17(24)4-5-18-7-13-8-19(22,10-18)12-20(23,9-13)11-18/h2-3,6,13H,4-5,7-12H2,1H3. The van der Waals surface area contributed by atoms with Crippen molar-refractivity contribution in [1.82, 2.24) is 0 Å². The second-order valence-electron chi connectivity index (χ2n) is 8.58. The molecule has 4 bridgehead atoms. The minimum atomic E-state index is -1.37. The van der Waals surface area contributed by atoms with E-state index in [-0.39, 0.29) is 30.0 Å². The Labute approximate surface area is 151 Å². The quantitative estimate of drug-likeness (QED) is 0.622. The first-order valence-corrected chi connectivity index (χ1v) is 9.36. The van der Waals surface area contributed by atoms with Crippen LogP contribution in [0.2, 0.25) is 5.02 Å². The summed E-state index contributed by atoms with van der Waals surface area (Å²) in [6.45, 7) is 0. The summed E-state index contributed by atoms with van der Waals surface area (Å²) in [5.41, 5.74) is -2.68. The fraction of sp³-hybridized carbons (Fsp3) is 0.650. The van der Waals surface area contributed by atoms with E-state index < -0.39 is 11.3 Å². The van der Waals surface area contributed by atoms with Gasteiger partial charge in [-0.3, -0.25) is 4.79 Å². The number of rotatable bonds is 5. The summed E-state index contributed by atoms with van der Waals surface area (Å²) in [7, 11) is 1.54. The molecule has 5 heteroatoms. The van der Waals surface area contributed by atoms with Crippen LogP contribution in [0.3, 0.4) is 0 Å². The van der Waals surface area contributed by atoms with Gasteiger partial charge >= 0.3 is 0 Å². The molecule has 2 nitrogen and oxygen atoms in total. The van der Waals surface area contributed by atoms with E-state index in [1.54, 1.807) is 18.2 Å². The highest BCUT2D eigenvalue weighted by Crippen LogP contribution is 2.66. The second kappa shape index (κ2) is 5.67. The zero-order chi connectivity index (χ0) is 17.9. The molecule has 0 heterocycles. The molecule has 136 valence electrons. The maximum Gasteiger partial charge on any atom is 0.164 e. The van der Waals surface area contributed by atoms with Gasteiger partial charge in [0.15, 0.2) is 5.78 Å². The van der Waals surface area contributed by atoms with Crippen LogP contribution >= 0.6 is 11.6 Å². The van der Waals surface area contributed by atoms with Crippen molar-refractivity contribution in [2.24, 2.45) is 11.3 Å². The molecule has 0 saturated heterocycles. The Morgan fingerprint density at radius 3 is 2.48 bits per heavy atom. The van der Waals surface area contributed by atoms with Gasteiger partial charge in [-0.1, -0.05) is 11.6 Å². The number of benzene rings is 1. The largest absolute Gasteiger partial charge is 0.497 e. The number of hydrogen-bond donors (Lipinski definition) is 0. The third-order valence-electron chi connectivity index (χ3n) is 6.40. The van der Waals surface area contributed by atoms with Crippen molar-refractivity contribution in [3.05, 3.63) is 28.8 Å². The zero-order valence-corrected chi connectivity index (χ0v) is 15.2. The van der Waals surface area contributed by atoms with Gasteiger partial charge in [-0.15, -0.1) is 0 Å². The van der Waals surface area contributed by atoms with E-state index in [0.717, 1.165) is 6.42 Å². The molecule has 2 atom stereocenters. The van der Waals surface area contributed by atoms with Crippen molar-refractivity contribution in [3.8, 4) is 5.75 Å². The lowest BCUT2D eigenvalue weighted by molar-refractivity contribution is -0.176. The normalized spacial score (nSPS) is 38.8. The maximum absolute atomic E-state index is 15.0. The van der Waals surface area contributed by atoms with Crippen molar-refractivity contribution in [3.63, 3.8) is 0 Å². The van der Waals surface area contributed by atoms with Crippen LogP contribution in [0.25, 0.3) is 0 Å². The summed E-state index contributed by atoms with van der Waals surface area (Å²) in [6.07, 6.45) is 3.51. The molecule has 4 saturated carbocycles. The molecule has 1 aromatic carbocycles. The Morgan fingerprint density at radius 2 is 1.88 bits per heavy atom. The van der Waals surface area contributed by atoms with Crippen LogP contribution in [-0.4, -0.2) is 24.2 Å². The number of Topliss-reactive ketones (excluding diaryl/α,β-unsaturated/α-hetero) is 1. The van der Waals surface area contributed by atoms with E-state index in [1.807, 2.05) is 0 Å². The number of methoxy groups -OCH3 is 1. The lowest BCUT2D eigenvalue weighted by atomic mass is 9.46. The molecular weight excluding hydrogens is 346 g/mol. The number of ketones is 1. The van der Waals surface area contributed by atoms with Crippen molar-refractivity contribution in [1.29, 1.82) is 0 Å². The number of alkyl halides is 2. The van der Waals surface area contributed by atoms with Gasteiger partial charge in [-0.2, -0.15) is 0 Å². The first-order valence-electron chi connectivity index (χ1n) is 8.99. The monoisotopic (exact) mass is 368 g/mol. The molecule has 0 spiro atoms. The molecule has 5 rings (SSSR count). The van der Waals surface area contributed by atoms with Crippen molar-refractivity contribution < 1.29 is 18.3 Å². The van der Waals surface area contributed by atoms with Crippen LogP contribution in [0.5, 0.6) is 5.75 Å². The van der Waals surface area contributed by atoms with E-state index in [9.17, 15) is 4.79 Å². The Bertz CT molecular complexity index is 702. The minimum absolute atomic E-state index is 0.0495. The van der Waals surface area contributed by atoms with Gasteiger partial charge in [0, 0.05) is 18.4 Å². The van der Waals surface area contributed by atoms with E-state index in [0.29, 0.717) is 48.4 Å². The van der Waals surface area contributed by atoms with Gasteiger partial charge in [-0.05, 0) is 68.1 Å². The zero-order valence-electron chi connectivity index (χ0n) is 14.4. The smallest absolute Gasteiger partial charge is 0.164 e. The summed E-state index contributed by atoms with van der Waals surface area (Å²) in [5.74, 6) is 0.621. The fourth-order valence-corrected chi connectivity index (χ4v) is 6.26. The molecule has 4 aliphatic carbocycles. The number of carbonyl (C=O) groups excluding carboxylic acids is 1. The maximum atomic E-state index is 15.0. The highest BCUT2D eigenvalue weighted by Gasteiger charge is 2.64. The first-order chi connectivity index (χ1) is 11.7. The minimum Gasteiger partial charge on any atom is -0.497 e. The van der Waals surface area contributed by atoms with Crippen LogP contribution in [0.15, 0.2) is 18.2 Å². The number of halogens is 3. The number of hydrogen-bond acceptors (Lipinski definition) is 2. The molecule has 1 aromatic rings. The molecule has 0 radical (unpaired) electrons. The molecule has 0 amide bonds. The van der Waals surface area contributed by atoms with Gasteiger partial charge in [-0.25, -0.2) is 8.78 Å². The van der Waals surface area contributed by atoms with Gasteiger partial charge < -0.3 is 4.74 Å². The highest BCUT2D eigenvalue weighted by molar-refractivity contribution is 6.34. The Balaban J connectivity index is 1.51. The predicted molar refractivity (Wildman–Crippen MR) is 92.9 cm³/mol. The summed E-state index contributed by atoms with van der Waals surface area (Å²) < 4.78 is 35.2. The second-order valence-corrected chi connectivity index (χ2v) is 8.99. The van der Waals surface area contributed by atoms with Crippen molar-refractivity contribution >= 4 is 17.4 Å². The summed E-state index contributed by atoms with van der Waals surface area (Å²) >= 11 is 6.15. The molecular formula is C20H23ClF2O2. The van der Waals surface area contributed by atoms with E-state index in [2.05, 4.69) is 0 Å². The highest BCUT2D eigenvalue weighted by atomic mass is 35.5. The van der Waals surface area contributed by atoms with Gasteiger partial charge in [0.05, 0.1) is 12.1 Å². The molecule has 25 heavy (non-hydrogen) atoms. The van der Waals surface area contributed by atoms with Crippen molar-refractivity contribution in [2.75, 3.05) is 7.11 Å². The van der Waals surface area contributed by atoms with Gasteiger partial charge in [0.25, 0.3) is 0 Å². The van der Waals surface area contributed by atoms with Crippen LogP contribution in [-0.2, 0) is 0 Å². The van der Waals surface area contributed by atoms with Crippen LogP contribution in [0.1, 0.15) is 61.7 Å². The molecule has 0 aliphatic heterocycles. The molecule has 4 fully saturated rings. The van der Waals surface area contributed by atoms with Crippen LogP contribution in [0.4, 0.5) is 8.78 Å². The lowest BCUT2D eigenvalue weighted by Crippen LogP contribution is -2.59. The van der Waals surface area contributed by atoms with E-state index in [4.69, 9.17) is 16.3 Å². The van der Waals surface area contributed by atoms with E-state index >= 15 is 8.78 Å². The number of carbonyl (C=O) groups is 1. The Kier molecular flexibility index (Phi) is 3.91. The summed E-state index contributed by atoms with van der Waals surface area (Å²) in [4.78, 5) is 12.7. The van der Waals surface area contributed by atoms with Gasteiger partial charge in [0.1, 0.15) is 17.1 Å². The average Bonchev–Trinajstić information content (AvgIpc) is 2.50. The van der Waals surface area contributed by atoms with Gasteiger partial charge in [0.2, 0.25) is 0 Å². The Hall–Kier alpha value is -1.16. The summed E-state index contributed by atoms with van der Waals surface area (Å²) in [5, 5.41) is 0.389. The van der Waals surface area contributed by atoms with Crippen LogP contribution in [0, 0.1) is 11.3 Å². The average molecular weight is 369 g/mol. The molecule has 0 aromatic heterocycles. The number of ether oxygens (including phenoxy) is 1. The summed E-state index contributed by atoms with van der Waals surface area (Å²) in [6, 6.07) is 4.99. The first kappa shape index (κ1) is 17.3. The predicted octanol–water partition coefficient (Wildman–Crippen LogP) is 5.71. The topological polar surface area (TPSA) is 26.3 Å².